The van der Waals surface area contributed by atoms with Crippen molar-refractivity contribution in [2.45, 2.75) is 20.4 Å². The van der Waals surface area contributed by atoms with E-state index in [1.807, 2.05) is 55.6 Å². The van der Waals surface area contributed by atoms with Crippen LogP contribution in [-0.2, 0) is 11.3 Å². The Labute approximate surface area is 175 Å². The van der Waals surface area contributed by atoms with E-state index in [-0.39, 0.29) is 18.0 Å². The minimum absolute atomic E-state index is 0.147. The fourth-order valence-corrected chi connectivity index (χ4v) is 4.86. The molecule has 0 fully saturated rings. The fraction of sp³-hybridized carbons (Fsp3) is 0.143. The Kier molecular flexibility index (Phi) is 5.37. The van der Waals surface area contributed by atoms with E-state index in [1.165, 1.54) is 22.2 Å². The van der Waals surface area contributed by atoms with Crippen molar-refractivity contribution in [3.05, 3.63) is 73.8 Å². The molecule has 1 N–H and O–H groups in total. The Morgan fingerprint density at radius 1 is 1.24 bits per heavy atom. The van der Waals surface area contributed by atoms with Gasteiger partial charge in [-0.3, -0.25) is 14.2 Å². The zero-order valence-electron chi connectivity index (χ0n) is 15.9. The number of aromatic nitrogens is 2. The van der Waals surface area contributed by atoms with Crippen molar-refractivity contribution in [1.29, 1.82) is 0 Å². The largest absolute Gasteiger partial charge is 0.289 e. The number of fused-ring (bicyclic) bond motifs is 1. The zero-order valence-corrected chi connectivity index (χ0v) is 17.5. The molecule has 0 aliphatic carbocycles. The second-order valence-corrected chi connectivity index (χ2v) is 8.67. The summed E-state index contributed by atoms with van der Waals surface area (Å²) in [4.78, 5) is 32.4. The van der Waals surface area contributed by atoms with Crippen LogP contribution >= 0.6 is 22.7 Å². The molecule has 6 nitrogen and oxygen atoms in total. The maximum absolute atomic E-state index is 13.1. The monoisotopic (exact) mass is 422 g/mol. The lowest BCUT2D eigenvalue weighted by molar-refractivity contribution is -0.121. The molecule has 8 heteroatoms. The third kappa shape index (κ3) is 3.90. The summed E-state index contributed by atoms with van der Waals surface area (Å²) in [5.74, 6) is -0.382. The van der Waals surface area contributed by atoms with Crippen molar-refractivity contribution in [2.24, 2.45) is 5.10 Å². The molecule has 0 unspecified atom stereocenters. The molecule has 0 bridgehead atoms. The summed E-state index contributed by atoms with van der Waals surface area (Å²) < 4.78 is 1.32. The highest BCUT2D eigenvalue weighted by atomic mass is 32.1. The number of nitrogens with zero attached hydrogens (tertiary/aromatic N) is 3. The molecule has 1 aromatic carbocycles. The Morgan fingerprint density at radius 3 is 2.76 bits per heavy atom. The van der Waals surface area contributed by atoms with E-state index in [4.69, 9.17) is 0 Å². The van der Waals surface area contributed by atoms with Gasteiger partial charge in [0.1, 0.15) is 11.4 Å². The molecule has 0 spiro atoms. The van der Waals surface area contributed by atoms with Gasteiger partial charge < -0.3 is 0 Å². The first kappa shape index (κ1) is 19.2. The van der Waals surface area contributed by atoms with Gasteiger partial charge in [-0.1, -0.05) is 30.3 Å². The van der Waals surface area contributed by atoms with Crippen LogP contribution in [0.25, 0.3) is 21.3 Å². The van der Waals surface area contributed by atoms with Gasteiger partial charge in [-0.15, -0.1) is 22.7 Å². The third-order valence-electron chi connectivity index (χ3n) is 4.50. The molecule has 0 saturated carbocycles. The van der Waals surface area contributed by atoms with Crippen molar-refractivity contribution in [3.8, 4) is 11.1 Å². The number of amides is 1. The quantitative estimate of drug-likeness (QED) is 0.391. The second-order valence-electron chi connectivity index (χ2n) is 6.52. The summed E-state index contributed by atoms with van der Waals surface area (Å²) in [6, 6.07) is 11.7. The van der Waals surface area contributed by atoms with Gasteiger partial charge in [0.15, 0.2) is 0 Å². The second kappa shape index (κ2) is 8.10. The van der Waals surface area contributed by atoms with Gasteiger partial charge in [-0.05, 0) is 36.4 Å². The van der Waals surface area contributed by atoms with Crippen molar-refractivity contribution < 1.29 is 4.79 Å². The normalized spacial score (nSPS) is 11.4. The van der Waals surface area contributed by atoms with Crippen LogP contribution in [0, 0.1) is 13.8 Å². The van der Waals surface area contributed by atoms with E-state index < -0.39 is 0 Å². The summed E-state index contributed by atoms with van der Waals surface area (Å²) in [6.45, 7) is 3.81. The van der Waals surface area contributed by atoms with Crippen LogP contribution in [0.15, 0.2) is 58.0 Å². The first-order valence-corrected chi connectivity index (χ1v) is 10.6. The average molecular weight is 423 g/mol. The number of hydrogen-bond donors (Lipinski definition) is 1. The molecule has 3 aromatic heterocycles. The number of aryl methyl sites for hydroxylation is 2. The molecular formula is C21H18N4O2S2. The average Bonchev–Trinajstić information content (AvgIpc) is 3.27. The minimum Gasteiger partial charge on any atom is -0.289 e. The molecule has 0 aliphatic rings. The number of nitrogens with one attached hydrogen (secondary N) is 1. The highest BCUT2D eigenvalue weighted by Gasteiger charge is 2.17. The van der Waals surface area contributed by atoms with Crippen molar-refractivity contribution in [3.63, 3.8) is 0 Å². The lowest BCUT2D eigenvalue weighted by Gasteiger charge is -2.06. The highest BCUT2D eigenvalue weighted by molar-refractivity contribution is 7.19. The molecule has 0 radical (unpaired) electrons. The van der Waals surface area contributed by atoms with Crippen LogP contribution in [0.1, 0.15) is 15.3 Å². The lowest BCUT2D eigenvalue weighted by atomic mass is 10.0. The standard InChI is InChI=1S/C21H18N4O2S2/c1-13-8-9-28-16(13)10-23-24-17(26)11-25-12-22-20-19(21(25)27)18(14(2)29-20)15-6-4-3-5-7-15/h3-10,12H,11H2,1-2H3,(H,24,26)/b23-10+. The molecule has 29 heavy (non-hydrogen) atoms. The third-order valence-corrected chi connectivity index (χ3v) is 6.47. The Morgan fingerprint density at radius 2 is 2.03 bits per heavy atom. The molecule has 0 saturated heterocycles. The van der Waals surface area contributed by atoms with Crippen molar-refractivity contribution in [2.75, 3.05) is 0 Å². The number of thiophene rings is 2. The lowest BCUT2D eigenvalue weighted by Crippen LogP contribution is -2.30. The molecular weight excluding hydrogens is 404 g/mol. The summed E-state index contributed by atoms with van der Waals surface area (Å²) in [5.41, 5.74) is 5.19. The number of carbonyl (C=O) groups is 1. The smallest absolute Gasteiger partial charge is 0.263 e. The van der Waals surface area contributed by atoms with Gasteiger partial charge in [0, 0.05) is 15.3 Å². The predicted molar refractivity (Wildman–Crippen MR) is 119 cm³/mol. The SMILES string of the molecule is Cc1ccsc1/C=N/NC(=O)Cn1cnc2sc(C)c(-c3ccccc3)c2c1=O. The van der Waals surface area contributed by atoms with Crippen LogP contribution < -0.4 is 11.0 Å². The topological polar surface area (TPSA) is 76.3 Å². The van der Waals surface area contributed by atoms with Crippen LogP contribution in [0.4, 0.5) is 0 Å². The number of benzene rings is 1. The zero-order chi connectivity index (χ0) is 20.4. The van der Waals surface area contributed by atoms with Gasteiger partial charge in [0.05, 0.1) is 17.9 Å². The van der Waals surface area contributed by atoms with Crippen LogP contribution in [0.5, 0.6) is 0 Å². The molecule has 0 atom stereocenters. The number of hydrogen-bond acceptors (Lipinski definition) is 6. The number of hydrazone groups is 1. The first-order chi connectivity index (χ1) is 14.0. The summed E-state index contributed by atoms with van der Waals surface area (Å²) in [5, 5.41) is 6.50. The maximum Gasteiger partial charge on any atom is 0.263 e. The van der Waals surface area contributed by atoms with Crippen LogP contribution in [-0.4, -0.2) is 21.7 Å². The van der Waals surface area contributed by atoms with Gasteiger partial charge in [-0.2, -0.15) is 5.10 Å². The number of carbonyl (C=O) groups excluding carboxylic acids is 1. The Bertz CT molecular complexity index is 1270. The Hall–Kier alpha value is -3.10. The molecule has 146 valence electrons. The molecule has 0 aliphatic heterocycles. The van der Waals surface area contributed by atoms with Gasteiger partial charge in [0.25, 0.3) is 11.5 Å². The van der Waals surface area contributed by atoms with Crippen molar-refractivity contribution in [1.82, 2.24) is 15.0 Å². The van der Waals surface area contributed by atoms with E-state index in [2.05, 4.69) is 15.5 Å². The minimum atomic E-state index is -0.382. The fourth-order valence-electron chi connectivity index (χ4n) is 3.07. The summed E-state index contributed by atoms with van der Waals surface area (Å²) in [6.07, 6.45) is 3.03. The summed E-state index contributed by atoms with van der Waals surface area (Å²) >= 11 is 3.03. The van der Waals surface area contributed by atoms with Crippen molar-refractivity contribution >= 4 is 45.0 Å². The van der Waals surface area contributed by atoms with E-state index in [0.29, 0.717) is 10.2 Å². The first-order valence-electron chi connectivity index (χ1n) is 8.94. The van der Waals surface area contributed by atoms with E-state index in [9.17, 15) is 9.59 Å². The van der Waals surface area contributed by atoms with E-state index in [0.717, 1.165) is 26.4 Å². The molecule has 4 aromatic rings. The van der Waals surface area contributed by atoms with Crippen LogP contribution in [0.3, 0.4) is 0 Å². The molecule has 3 heterocycles. The van der Waals surface area contributed by atoms with Crippen LogP contribution in [0.2, 0.25) is 0 Å². The molecule has 1 amide bonds. The number of rotatable bonds is 5. The van der Waals surface area contributed by atoms with E-state index in [1.54, 1.807) is 17.6 Å². The van der Waals surface area contributed by atoms with Gasteiger partial charge >= 0.3 is 0 Å². The Balaban J connectivity index is 1.61. The molecule has 4 rings (SSSR count). The predicted octanol–water partition coefficient (Wildman–Crippen LogP) is 3.95. The van der Waals surface area contributed by atoms with E-state index >= 15 is 0 Å². The maximum atomic E-state index is 13.1. The highest BCUT2D eigenvalue weighted by Crippen LogP contribution is 2.35. The van der Waals surface area contributed by atoms with Gasteiger partial charge in [-0.25, -0.2) is 10.4 Å². The summed E-state index contributed by atoms with van der Waals surface area (Å²) in [7, 11) is 0. The van der Waals surface area contributed by atoms with Gasteiger partial charge in [0.2, 0.25) is 0 Å².